The summed E-state index contributed by atoms with van der Waals surface area (Å²) in [6.45, 7) is 8.80. The van der Waals surface area contributed by atoms with E-state index < -0.39 is 12.6 Å². The Hall–Kier alpha value is -0.290. The number of likely N-dealkylation sites (tertiary alicyclic amines) is 1. The molecule has 2 nitrogen and oxygen atoms in total. The molecule has 1 saturated heterocycles. The molecule has 1 heterocycles. The lowest BCUT2D eigenvalue weighted by Gasteiger charge is -2.46. The van der Waals surface area contributed by atoms with Crippen LogP contribution in [0.25, 0.3) is 0 Å². The van der Waals surface area contributed by atoms with Gasteiger partial charge in [-0.05, 0) is 52.7 Å². The van der Waals surface area contributed by atoms with Crippen molar-refractivity contribution in [3.8, 4) is 0 Å². The second kappa shape index (κ2) is 6.93. The summed E-state index contributed by atoms with van der Waals surface area (Å²) in [6.07, 6.45) is -1.07. The monoisotopic (exact) mass is 280 g/mol. The number of rotatable bonds is 6. The van der Waals surface area contributed by atoms with Crippen molar-refractivity contribution in [2.24, 2.45) is 0 Å². The van der Waals surface area contributed by atoms with Gasteiger partial charge in [-0.25, -0.2) is 0 Å². The summed E-state index contributed by atoms with van der Waals surface area (Å²) in [7, 11) is 0. The first-order chi connectivity index (χ1) is 8.77. The number of halogens is 3. The van der Waals surface area contributed by atoms with Crippen LogP contribution in [0.5, 0.6) is 0 Å². The van der Waals surface area contributed by atoms with Gasteiger partial charge in [-0.15, -0.1) is 0 Å². The van der Waals surface area contributed by atoms with Crippen LogP contribution in [-0.4, -0.2) is 42.3 Å². The minimum absolute atomic E-state index is 0.114. The Labute approximate surface area is 114 Å². The first-order valence-corrected chi connectivity index (χ1v) is 7.32. The normalized spacial score (nSPS) is 20.5. The number of hydrogen-bond donors (Lipinski definition) is 1. The summed E-state index contributed by atoms with van der Waals surface area (Å²) < 4.78 is 37.3. The molecule has 19 heavy (non-hydrogen) atoms. The van der Waals surface area contributed by atoms with Gasteiger partial charge in [-0.2, -0.15) is 13.2 Å². The van der Waals surface area contributed by atoms with Crippen LogP contribution in [0.4, 0.5) is 13.2 Å². The molecule has 1 aliphatic rings. The standard InChI is InChI=1S/C14H27F3N2/c1-4-18-12(8-9-14(15,16)17)13(2,3)19-10-6-5-7-11-19/h12,18H,4-11H2,1-3H3. The minimum Gasteiger partial charge on any atom is -0.312 e. The minimum atomic E-state index is -4.06. The quantitative estimate of drug-likeness (QED) is 0.800. The SMILES string of the molecule is CCNC(CCC(F)(F)F)C(C)(C)N1CCCCC1. The summed E-state index contributed by atoms with van der Waals surface area (Å²) in [6, 6.07) is -0.114. The fourth-order valence-electron chi connectivity index (χ4n) is 2.95. The molecule has 1 rings (SSSR count). The summed E-state index contributed by atoms with van der Waals surface area (Å²) in [4.78, 5) is 2.35. The van der Waals surface area contributed by atoms with Crippen molar-refractivity contribution in [3.05, 3.63) is 0 Å². The van der Waals surface area contributed by atoms with Crippen molar-refractivity contribution in [1.82, 2.24) is 10.2 Å². The van der Waals surface area contributed by atoms with Crippen molar-refractivity contribution in [2.75, 3.05) is 19.6 Å². The average molecular weight is 280 g/mol. The van der Waals surface area contributed by atoms with Gasteiger partial charge in [0, 0.05) is 18.0 Å². The molecular weight excluding hydrogens is 253 g/mol. The number of hydrogen-bond acceptors (Lipinski definition) is 2. The zero-order valence-electron chi connectivity index (χ0n) is 12.3. The lowest BCUT2D eigenvalue weighted by atomic mass is 9.87. The van der Waals surface area contributed by atoms with Gasteiger partial charge >= 0.3 is 6.18 Å². The molecule has 1 unspecified atom stereocenters. The van der Waals surface area contributed by atoms with Crippen molar-refractivity contribution < 1.29 is 13.2 Å². The molecule has 1 atom stereocenters. The van der Waals surface area contributed by atoms with E-state index in [2.05, 4.69) is 24.1 Å². The van der Waals surface area contributed by atoms with Crippen molar-refractivity contribution in [3.63, 3.8) is 0 Å². The van der Waals surface area contributed by atoms with Crippen LogP contribution in [0.2, 0.25) is 0 Å². The van der Waals surface area contributed by atoms with Crippen molar-refractivity contribution in [2.45, 2.75) is 70.6 Å². The molecule has 0 radical (unpaired) electrons. The highest BCUT2D eigenvalue weighted by Crippen LogP contribution is 2.29. The summed E-state index contributed by atoms with van der Waals surface area (Å²) >= 11 is 0. The number of alkyl halides is 3. The van der Waals surface area contributed by atoms with Gasteiger partial charge in [0.2, 0.25) is 0 Å². The fraction of sp³-hybridized carbons (Fsp3) is 1.00. The zero-order chi connectivity index (χ0) is 14.5. The Morgan fingerprint density at radius 3 is 2.16 bits per heavy atom. The average Bonchev–Trinajstić information content (AvgIpc) is 2.34. The van der Waals surface area contributed by atoms with Crippen LogP contribution < -0.4 is 5.32 Å². The molecule has 1 fully saturated rings. The second-order valence-electron chi connectivity index (χ2n) is 5.97. The van der Waals surface area contributed by atoms with E-state index in [0.29, 0.717) is 6.54 Å². The van der Waals surface area contributed by atoms with E-state index in [1.54, 1.807) is 0 Å². The summed E-state index contributed by atoms with van der Waals surface area (Å²) in [5.41, 5.74) is -0.221. The largest absolute Gasteiger partial charge is 0.389 e. The summed E-state index contributed by atoms with van der Waals surface area (Å²) in [5.74, 6) is 0. The lowest BCUT2D eigenvalue weighted by Crippen LogP contribution is -2.59. The van der Waals surface area contributed by atoms with Crippen molar-refractivity contribution in [1.29, 1.82) is 0 Å². The Kier molecular flexibility index (Phi) is 6.12. The van der Waals surface area contributed by atoms with Gasteiger partial charge in [0.15, 0.2) is 0 Å². The molecule has 0 aliphatic carbocycles. The number of nitrogens with one attached hydrogen (secondary N) is 1. The predicted octanol–water partition coefficient (Wildman–Crippen LogP) is 3.57. The topological polar surface area (TPSA) is 15.3 Å². The lowest BCUT2D eigenvalue weighted by molar-refractivity contribution is -0.138. The number of nitrogens with zero attached hydrogens (tertiary/aromatic N) is 1. The third-order valence-electron chi connectivity index (χ3n) is 4.19. The Morgan fingerprint density at radius 1 is 1.11 bits per heavy atom. The van der Waals surface area contributed by atoms with Gasteiger partial charge in [0.25, 0.3) is 0 Å². The Morgan fingerprint density at radius 2 is 1.68 bits per heavy atom. The third kappa shape index (κ3) is 5.30. The van der Waals surface area contributed by atoms with Gasteiger partial charge in [-0.3, -0.25) is 4.90 Å². The number of likely N-dealkylation sites (N-methyl/N-ethyl adjacent to an activating group) is 1. The van der Waals surface area contributed by atoms with Crippen LogP contribution in [-0.2, 0) is 0 Å². The van der Waals surface area contributed by atoms with E-state index in [1.807, 2.05) is 6.92 Å². The van der Waals surface area contributed by atoms with E-state index >= 15 is 0 Å². The van der Waals surface area contributed by atoms with Crippen LogP contribution in [0.3, 0.4) is 0 Å². The maximum absolute atomic E-state index is 12.4. The van der Waals surface area contributed by atoms with Crippen LogP contribution in [0, 0.1) is 0 Å². The van der Waals surface area contributed by atoms with Gasteiger partial charge in [0.05, 0.1) is 0 Å². The maximum Gasteiger partial charge on any atom is 0.389 e. The zero-order valence-corrected chi connectivity index (χ0v) is 12.3. The molecule has 5 heteroatoms. The second-order valence-corrected chi connectivity index (χ2v) is 5.97. The Balaban J connectivity index is 2.65. The fourth-order valence-corrected chi connectivity index (χ4v) is 2.95. The maximum atomic E-state index is 12.4. The Bertz CT molecular complexity index is 258. The summed E-state index contributed by atoms with van der Waals surface area (Å²) in [5, 5.41) is 3.25. The van der Waals surface area contributed by atoms with Gasteiger partial charge in [0.1, 0.15) is 0 Å². The third-order valence-corrected chi connectivity index (χ3v) is 4.19. The van der Waals surface area contributed by atoms with E-state index in [4.69, 9.17) is 0 Å². The highest BCUT2D eigenvalue weighted by atomic mass is 19.4. The molecule has 114 valence electrons. The molecule has 1 N–H and O–H groups in total. The molecule has 0 aromatic heterocycles. The first kappa shape index (κ1) is 16.8. The van der Waals surface area contributed by atoms with Crippen LogP contribution >= 0.6 is 0 Å². The van der Waals surface area contributed by atoms with Crippen LogP contribution in [0.15, 0.2) is 0 Å². The molecule has 0 aromatic carbocycles. The highest BCUT2D eigenvalue weighted by molar-refractivity contribution is 4.94. The molecule has 0 bridgehead atoms. The molecule has 1 aliphatic heterocycles. The van der Waals surface area contributed by atoms with E-state index in [1.165, 1.54) is 6.42 Å². The molecule has 0 spiro atoms. The smallest absolute Gasteiger partial charge is 0.312 e. The van der Waals surface area contributed by atoms with E-state index in [9.17, 15) is 13.2 Å². The van der Waals surface area contributed by atoms with E-state index in [0.717, 1.165) is 25.9 Å². The molecule has 0 amide bonds. The van der Waals surface area contributed by atoms with E-state index in [-0.39, 0.29) is 18.0 Å². The highest BCUT2D eigenvalue weighted by Gasteiger charge is 2.38. The molecule has 0 saturated carbocycles. The van der Waals surface area contributed by atoms with Crippen molar-refractivity contribution >= 4 is 0 Å². The van der Waals surface area contributed by atoms with Gasteiger partial charge in [-0.1, -0.05) is 13.3 Å². The first-order valence-electron chi connectivity index (χ1n) is 7.32. The molecule has 0 aromatic rings. The molecular formula is C14H27F3N2. The van der Waals surface area contributed by atoms with Gasteiger partial charge < -0.3 is 5.32 Å². The van der Waals surface area contributed by atoms with Crippen LogP contribution in [0.1, 0.15) is 52.9 Å². The number of piperidine rings is 1. The predicted molar refractivity (Wildman–Crippen MR) is 72.3 cm³/mol.